The summed E-state index contributed by atoms with van der Waals surface area (Å²) < 4.78 is 5.03. The van der Waals surface area contributed by atoms with Crippen LogP contribution in [-0.4, -0.2) is 45.3 Å². The maximum atomic E-state index is 8.72. The van der Waals surface area contributed by atoms with Crippen molar-refractivity contribution in [2.45, 2.75) is 6.42 Å². The highest BCUT2D eigenvalue weighted by Crippen LogP contribution is 2.17. The fourth-order valence-corrected chi connectivity index (χ4v) is 1.70. The second-order valence-electron chi connectivity index (χ2n) is 4.47. The molecule has 0 fully saturated rings. The predicted molar refractivity (Wildman–Crippen MR) is 78.0 cm³/mol. The first-order valence-corrected chi connectivity index (χ1v) is 6.34. The van der Waals surface area contributed by atoms with Gasteiger partial charge in [-0.2, -0.15) is 5.26 Å². The molecule has 0 bridgehead atoms. The number of nitriles is 1. The molecule has 0 heterocycles. The first-order valence-electron chi connectivity index (χ1n) is 6.34. The Balaban J connectivity index is 2.41. The van der Waals surface area contributed by atoms with Crippen LogP contribution in [0, 0.1) is 11.3 Å². The summed E-state index contributed by atoms with van der Waals surface area (Å²) in [6.07, 6.45) is 0.342. The molecule has 0 saturated carbocycles. The van der Waals surface area contributed by atoms with Crippen molar-refractivity contribution in [2.24, 2.45) is 0 Å². The summed E-state index contributed by atoms with van der Waals surface area (Å²) in [4.78, 5) is 2.20. The van der Waals surface area contributed by atoms with Gasteiger partial charge < -0.3 is 20.7 Å². The number of hydrogen-bond donors (Lipinski definition) is 2. The average molecular weight is 262 g/mol. The van der Waals surface area contributed by atoms with Crippen molar-refractivity contribution in [3.8, 4) is 6.07 Å². The van der Waals surface area contributed by atoms with E-state index in [2.05, 4.69) is 23.3 Å². The lowest BCUT2D eigenvalue weighted by atomic mass is 10.1. The molecule has 19 heavy (non-hydrogen) atoms. The van der Waals surface area contributed by atoms with E-state index in [1.54, 1.807) is 7.11 Å². The minimum absolute atomic E-state index is 0.342. The summed E-state index contributed by atoms with van der Waals surface area (Å²) in [5.41, 5.74) is 8.35. The molecule has 1 rings (SSSR count). The first-order chi connectivity index (χ1) is 9.17. The summed E-state index contributed by atoms with van der Waals surface area (Å²) in [6.45, 7) is 3.43. The van der Waals surface area contributed by atoms with Crippen LogP contribution in [0.25, 0.3) is 0 Å². The van der Waals surface area contributed by atoms with Gasteiger partial charge in [-0.25, -0.2) is 0 Å². The Morgan fingerprint density at radius 2 is 2.21 bits per heavy atom. The number of nitrogens with two attached hydrogens (primary N) is 1. The Bertz CT molecular complexity index is 428. The van der Waals surface area contributed by atoms with Crippen molar-refractivity contribution in [2.75, 3.05) is 51.4 Å². The summed E-state index contributed by atoms with van der Waals surface area (Å²) >= 11 is 0. The molecule has 0 amide bonds. The lowest BCUT2D eigenvalue weighted by Crippen LogP contribution is -2.28. The predicted octanol–water partition coefficient (Wildman–Crippen LogP) is 1.32. The second-order valence-corrected chi connectivity index (χ2v) is 4.47. The quantitative estimate of drug-likeness (QED) is 0.691. The zero-order valence-electron chi connectivity index (χ0n) is 11.6. The number of hydrogen-bond acceptors (Lipinski definition) is 5. The van der Waals surface area contributed by atoms with Gasteiger partial charge in [-0.05, 0) is 30.8 Å². The summed E-state index contributed by atoms with van der Waals surface area (Å²) in [6, 6.07) is 7.83. The third-order valence-electron chi connectivity index (χ3n) is 2.91. The minimum atomic E-state index is 0.342. The number of nitrogen functional groups attached to an aromatic ring is 1. The summed E-state index contributed by atoms with van der Waals surface area (Å²) in [5.74, 6) is 0. The Kier molecular flexibility index (Phi) is 6.72. The van der Waals surface area contributed by atoms with Gasteiger partial charge in [-0.3, -0.25) is 0 Å². The molecule has 0 aliphatic heterocycles. The number of likely N-dealkylation sites (N-methyl/N-ethyl adjacent to an activating group) is 1. The molecule has 0 atom stereocenters. The molecule has 1 aromatic carbocycles. The number of nitrogens with zero attached hydrogens (tertiary/aromatic N) is 2. The van der Waals surface area contributed by atoms with Gasteiger partial charge in [-0.15, -0.1) is 0 Å². The van der Waals surface area contributed by atoms with Gasteiger partial charge in [0.05, 0.1) is 19.1 Å². The van der Waals surface area contributed by atoms with Crippen molar-refractivity contribution >= 4 is 11.4 Å². The topological polar surface area (TPSA) is 74.3 Å². The van der Waals surface area contributed by atoms with Crippen LogP contribution in [0.2, 0.25) is 0 Å². The lowest BCUT2D eigenvalue weighted by molar-refractivity contribution is 0.163. The number of rotatable bonds is 8. The molecular formula is C14H22N4O. The molecule has 5 heteroatoms. The normalized spacial score (nSPS) is 10.4. The smallest absolute Gasteiger partial charge is 0.0670 e. The standard InChI is InChI=1S/C14H22N4O/c1-18(9-10-19-2)8-7-17-13-3-4-14(16)12(11-13)5-6-15/h3-4,11,17H,5,7-10,16H2,1-2H3. The van der Waals surface area contributed by atoms with Crippen LogP contribution in [0.1, 0.15) is 5.56 Å². The molecule has 3 N–H and O–H groups in total. The monoisotopic (exact) mass is 262 g/mol. The Morgan fingerprint density at radius 3 is 2.89 bits per heavy atom. The van der Waals surface area contributed by atoms with E-state index in [0.29, 0.717) is 12.1 Å². The fourth-order valence-electron chi connectivity index (χ4n) is 1.70. The molecule has 0 spiro atoms. The highest BCUT2D eigenvalue weighted by molar-refractivity contribution is 5.58. The largest absolute Gasteiger partial charge is 0.398 e. The van der Waals surface area contributed by atoms with E-state index >= 15 is 0 Å². The van der Waals surface area contributed by atoms with Gasteiger partial charge in [0, 0.05) is 38.1 Å². The molecule has 1 aromatic rings. The number of ether oxygens (including phenoxy) is 1. The number of nitrogens with one attached hydrogen (secondary N) is 1. The van der Waals surface area contributed by atoms with Crippen molar-refractivity contribution < 1.29 is 4.74 Å². The van der Waals surface area contributed by atoms with Crippen LogP contribution in [-0.2, 0) is 11.2 Å². The zero-order chi connectivity index (χ0) is 14.1. The molecule has 0 aliphatic rings. The van der Waals surface area contributed by atoms with Crippen molar-refractivity contribution in [1.29, 1.82) is 5.26 Å². The SMILES string of the molecule is COCCN(C)CCNc1ccc(N)c(CC#N)c1. The molecular weight excluding hydrogens is 240 g/mol. The molecule has 0 radical (unpaired) electrons. The van der Waals surface area contributed by atoms with Gasteiger partial charge >= 0.3 is 0 Å². The number of anilines is 2. The van der Waals surface area contributed by atoms with Crippen molar-refractivity contribution in [3.05, 3.63) is 23.8 Å². The fraction of sp³-hybridized carbons (Fsp3) is 0.500. The summed E-state index contributed by atoms with van der Waals surface area (Å²) in [5, 5.41) is 12.1. The molecule has 0 aromatic heterocycles. The third-order valence-corrected chi connectivity index (χ3v) is 2.91. The van der Waals surface area contributed by atoms with Gasteiger partial charge in [0.15, 0.2) is 0 Å². The maximum Gasteiger partial charge on any atom is 0.0670 e. The Labute approximate surface area is 115 Å². The van der Waals surface area contributed by atoms with Crippen LogP contribution < -0.4 is 11.1 Å². The van der Waals surface area contributed by atoms with E-state index in [4.69, 9.17) is 15.7 Å². The third kappa shape index (κ3) is 5.60. The van der Waals surface area contributed by atoms with E-state index in [0.717, 1.165) is 37.5 Å². The Morgan fingerprint density at radius 1 is 1.42 bits per heavy atom. The highest BCUT2D eigenvalue weighted by Gasteiger charge is 2.01. The highest BCUT2D eigenvalue weighted by atomic mass is 16.5. The minimum Gasteiger partial charge on any atom is -0.398 e. The van der Waals surface area contributed by atoms with E-state index in [1.807, 2.05) is 18.2 Å². The van der Waals surface area contributed by atoms with Gasteiger partial charge in [0.1, 0.15) is 0 Å². The van der Waals surface area contributed by atoms with Crippen LogP contribution in [0.15, 0.2) is 18.2 Å². The maximum absolute atomic E-state index is 8.72. The lowest BCUT2D eigenvalue weighted by Gasteiger charge is -2.17. The molecule has 104 valence electrons. The summed E-state index contributed by atoms with van der Waals surface area (Å²) in [7, 11) is 3.77. The van der Waals surface area contributed by atoms with Crippen LogP contribution >= 0.6 is 0 Å². The van der Waals surface area contributed by atoms with Crippen LogP contribution in [0.4, 0.5) is 11.4 Å². The number of benzene rings is 1. The van der Waals surface area contributed by atoms with Crippen LogP contribution in [0.5, 0.6) is 0 Å². The van der Waals surface area contributed by atoms with Gasteiger partial charge in [0.25, 0.3) is 0 Å². The molecule has 0 unspecified atom stereocenters. The van der Waals surface area contributed by atoms with Crippen molar-refractivity contribution in [3.63, 3.8) is 0 Å². The first kappa shape index (κ1) is 15.3. The van der Waals surface area contributed by atoms with Gasteiger partial charge in [0.2, 0.25) is 0 Å². The van der Waals surface area contributed by atoms with Gasteiger partial charge in [-0.1, -0.05) is 0 Å². The number of methoxy groups -OCH3 is 1. The second kappa shape index (κ2) is 8.35. The Hall–Kier alpha value is -1.77. The molecule has 0 aliphatic carbocycles. The van der Waals surface area contributed by atoms with E-state index in [9.17, 15) is 0 Å². The van der Waals surface area contributed by atoms with Crippen LogP contribution in [0.3, 0.4) is 0 Å². The van der Waals surface area contributed by atoms with E-state index in [1.165, 1.54) is 0 Å². The van der Waals surface area contributed by atoms with E-state index in [-0.39, 0.29) is 0 Å². The zero-order valence-corrected chi connectivity index (χ0v) is 11.6. The van der Waals surface area contributed by atoms with Crippen molar-refractivity contribution in [1.82, 2.24) is 4.90 Å². The molecule has 5 nitrogen and oxygen atoms in total. The molecule has 0 saturated heterocycles. The average Bonchev–Trinajstić information content (AvgIpc) is 2.40. The van der Waals surface area contributed by atoms with E-state index < -0.39 is 0 Å².